The van der Waals surface area contributed by atoms with Crippen LogP contribution in [-0.2, 0) is 0 Å². The Bertz CT molecular complexity index is 444. The van der Waals surface area contributed by atoms with Gasteiger partial charge in [-0.05, 0) is 75.4 Å². The number of hydrogen-bond donors (Lipinski definition) is 1. The highest BCUT2D eigenvalue weighted by molar-refractivity contribution is 5.59. The van der Waals surface area contributed by atoms with Gasteiger partial charge < -0.3 is 15.5 Å². The summed E-state index contributed by atoms with van der Waals surface area (Å²) in [4.78, 5) is 5.20. The number of rotatable bonds is 3. The lowest BCUT2D eigenvalue weighted by molar-refractivity contribution is 0.249. The molecule has 0 unspecified atom stereocenters. The van der Waals surface area contributed by atoms with E-state index in [1.54, 1.807) is 0 Å². The average Bonchev–Trinajstić information content (AvgIpc) is 2.93. The van der Waals surface area contributed by atoms with Crippen molar-refractivity contribution in [1.29, 1.82) is 0 Å². The van der Waals surface area contributed by atoms with Gasteiger partial charge in [-0.2, -0.15) is 0 Å². The summed E-state index contributed by atoms with van der Waals surface area (Å²) in [7, 11) is 0. The summed E-state index contributed by atoms with van der Waals surface area (Å²) >= 11 is 0. The van der Waals surface area contributed by atoms with Crippen LogP contribution < -0.4 is 10.6 Å². The Balaban J connectivity index is 1.55. The molecule has 2 aliphatic heterocycles. The molecule has 1 aromatic carbocycles. The van der Waals surface area contributed by atoms with Crippen molar-refractivity contribution in [2.24, 2.45) is 5.92 Å². The predicted molar refractivity (Wildman–Crippen MR) is 86.2 cm³/mol. The Kier molecular flexibility index (Phi) is 4.16. The van der Waals surface area contributed by atoms with Gasteiger partial charge in [-0.25, -0.2) is 0 Å². The number of anilines is 2. The summed E-state index contributed by atoms with van der Waals surface area (Å²) in [5, 5.41) is 0. The molecule has 2 saturated heterocycles. The minimum Gasteiger partial charge on any atom is -0.399 e. The molecule has 2 heterocycles. The molecular weight excluding hydrogens is 246 g/mol. The molecule has 0 amide bonds. The molecule has 2 N–H and O–H groups in total. The Hall–Kier alpha value is -1.22. The van der Waals surface area contributed by atoms with E-state index >= 15 is 0 Å². The third-order valence-electron chi connectivity index (χ3n) is 4.89. The summed E-state index contributed by atoms with van der Waals surface area (Å²) in [6, 6.07) is 6.30. The van der Waals surface area contributed by atoms with Crippen LogP contribution in [-0.4, -0.2) is 37.6 Å². The Morgan fingerprint density at radius 3 is 2.45 bits per heavy atom. The highest BCUT2D eigenvalue weighted by atomic mass is 15.2. The van der Waals surface area contributed by atoms with Crippen molar-refractivity contribution in [1.82, 2.24) is 4.90 Å². The lowest BCUT2D eigenvalue weighted by Crippen LogP contribution is -2.38. The van der Waals surface area contributed by atoms with Crippen LogP contribution in [0.15, 0.2) is 18.2 Å². The fraction of sp³-hybridized carbons (Fsp3) is 0.647. The van der Waals surface area contributed by atoms with E-state index in [-0.39, 0.29) is 0 Å². The minimum absolute atomic E-state index is 0.871. The largest absolute Gasteiger partial charge is 0.399 e. The van der Waals surface area contributed by atoms with Gasteiger partial charge in [0.05, 0.1) is 0 Å². The number of likely N-dealkylation sites (tertiary alicyclic amines) is 1. The first-order chi connectivity index (χ1) is 9.72. The number of benzene rings is 1. The van der Waals surface area contributed by atoms with Gasteiger partial charge >= 0.3 is 0 Å². The van der Waals surface area contributed by atoms with Crippen molar-refractivity contribution >= 4 is 11.4 Å². The van der Waals surface area contributed by atoms with E-state index in [9.17, 15) is 0 Å². The molecule has 0 spiro atoms. The molecule has 0 atom stereocenters. The molecule has 0 bridgehead atoms. The molecule has 3 heteroatoms. The Morgan fingerprint density at radius 1 is 1.10 bits per heavy atom. The molecule has 0 radical (unpaired) electrons. The Morgan fingerprint density at radius 2 is 1.80 bits per heavy atom. The topological polar surface area (TPSA) is 32.5 Å². The standard InChI is InChI=1S/C17H27N3/c1-14-12-16(18)4-5-17(14)20-10-6-15(7-11-20)13-19-8-2-3-9-19/h4-5,12,15H,2-3,6-11,13,18H2,1H3. The van der Waals surface area contributed by atoms with Gasteiger partial charge in [-0.15, -0.1) is 0 Å². The van der Waals surface area contributed by atoms with Gasteiger partial charge in [0.1, 0.15) is 0 Å². The Labute approximate surface area is 122 Å². The van der Waals surface area contributed by atoms with Crippen LogP contribution >= 0.6 is 0 Å². The second-order valence-corrected chi connectivity index (χ2v) is 6.48. The molecule has 0 saturated carbocycles. The molecule has 0 aliphatic carbocycles. The molecule has 110 valence electrons. The fourth-order valence-electron chi connectivity index (χ4n) is 3.72. The molecule has 2 aliphatic rings. The molecule has 20 heavy (non-hydrogen) atoms. The molecule has 3 rings (SSSR count). The summed E-state index contributed by atoms with van der Waals surface area (Å²) in [5.74, 6) is 0.901. The van der Waals surface area contributed by atoms with E-state index in [4.69, 9.17) is 5.73 Å². The van der Waals surface area contributed by atoms with Crippen molar-refractivity contribution in [3.63, 3.8) is 0 Å². The predicted octanol–water partition coefficient (Wildman–Crippen LogP) is 2.89. The maximum Gasteiger partial charge on any atom is 0.0397 e. The van der Waals surface area contributed by atoms with E-state index in [0.29, 0.717) is 0 Å². The third-order valence-corrected chi connectivity index (χ3v) is 4.89. The van der Waals surface area contributed by atoms with E-state index in [2.05, 4.69) is 28.9 Å². The first kappa shape index (κ1) is 13.7. The van der Waals surface area contributed by atoms with Crippen molar-refractivity contribution in [2.75, 3.05) is 43.4 Å². The number of nitrogens with two attached hydrogens (primary N) is 1. The normalized spacial score (nSPS) is 21.6. The first-order valence-corrected chi connectivity index (χ1v) is 8.06. The monoisotopic (exact) mass is 273 g/mol. The van der Waals surface area contributed by atoms with Crippen LogP contribution in [0, 0.1) is 12.8 Å². The van der Waals surface area contributed by atoms with Crippen LogP contribution in [0.5, 0.6) is 0 Å². The van der Waals surface area contributed by atoms with Crippen LogP contribution in [0.3, 0.4) is 0 Å². The fourth-order valence-corrected chi connectivity index (χ4v) is 3.72. The summed E-state index contributed by atoms with van der Waals surface area (Å²) < 4.78 is 0. The summed E-state index contributed by atoms with van der Waals surface area (Å²) in [5.41, 5.74) is 9.40. The van der Waals surface area contributed by atoms with Gasteiger partial charge in [0.15, 0.2) is 0 Å². The maximum atomic E-state index is 5.85. The second kappa shape index (κ2) is 6.04. The zero-order valence-electron chi connectivity index (χ0n) is 12.6. The van der Waals surface area contributed by atoms with E-state index in [1.807, 2.05) is 6.07 Å². The van der Waals surface area contributed by atoms with E-state index in [0.717, 1.165) is 11.6 Å². The summed E-state index contributed by atoms with van der Waals surface area (Å²) in [6.45, 7) is 8.55. The van der Waals surface area contributed by atoms with Crippen molar-refractivity contribution in [3.05, 3.63) is 23.8 Å². The lowest BCUT2D eigenvalue weighted by Gasteiger charge is -2.36. The zero-order valence-corrected chi connectivity index (χ0v) is 12.6. The van der Waals surface area contributed by atoms with Crippen LogP contribution in [0.2, 0.25) is 0 Å². The number of hydrogen-bond acceptors (Lipinski definition) is 3. The van der Waals surface area contributed by atoms with E-state index < -0.39 is 0 Å². The zero-order chi connectivity index (χ0) is 13.9. The third kappa shape index (κ3) is 3.09. The van der Waals surface area contributed by atoms with Crippen LogP contribution in [0.4, 0.5) is 11.4 Å². The van der Waals surface area contributed by atoms with Gasteiger partial charge in [-0.1, -0.05) is 0 Å². The van der Waals surface area contributed by atoms with Crippen molar-refractivity contribution < 1.29 is 0 Å². The number of nitrogen functional groups attached to an aromatic ring is 1. The van der Waals surface area contributed by atoms with Gasteiger partial charge in [0.2, 0.25) is 0 Å². The number of piperidine rings is 1. The van der Waals surface area contributed by atoms with E-state index in [1.165, 1.54) is 69.7 Å². The molecule has 3 nitrogen and oxygen atoms in total. The molecular formula is C17H27N3. The average molecular weight is 273 g/mol. The summed E-state index contributed by atoms with van der Waals surface area (Å²) in [6.07, 6.45) is 5.48. The van der Waals surface area contributed by atoms with Gasteiger partial charge in [0.25, 0.3) is 0 Å². The quantitative estimate of drug-likeness (QED) is 0.860. The van der Waals surface area contributed by atoms with Crippen LogP contribution in [0.1, 0.15) is 31.2 Å². The molecule has 1 aromatic rings. The molecule has 2 fully saturated rings. The van der Waals surface area contributed by atoms with Gasteiger partial charge in [-0.3, -0.25) is 0 Å². The minimum atomic E-state index is 0.871. The highest BCUT2D eigenvalue weighted by Gasteiger charge is 2.23. The maximum absolute atomic E-state index is 5.85. The number of aryl methyl sites for hydroxylation is 1. The second-order valence-electron chi connectivity index (χ2n) is 6.48. The van der Waals surface area contributed by atoms with Gasteiger partial charge in [0, 0.05) is 31.0 Å². The van der Waals surface area contributed by atoms with Crippen LogP contribution in [0.25, 0.3) is 0 Å². The molecule has 0 aromatic heterocycles. The van der Waals surface area contributed by atoms with Crippen molar-refractivity contribution in [2.45, 2.75) is 32.6 Å². The lowest BCUT2D eigenvalue weighted by atomic mass is 9.95. The number of nitrogens with zero attached hydrogens (tertiary/aromatic N) is 2. The SMILES string of the molecule is Cc1cc(N)ccc1N1CCC(CN2CCCC2)CC1. The highest BCUT2D eigenvalue weighted by Crippen LogP contribution is 2.28. The smallest absolute Gasteiger partial charge is 0.0397 e. The van der Waals surface area contributed by atoms with Crippen molar-refractivity contribution in [3.8, 4) is 0 Å². The first-order valence-electron chi connectivity index (χ1n) is 8.06.